The SMILES string of the molecule is Cn1ncc2c(NCc3nc(Cc4ccccc4)no3)ncnc21. The molecule has 0 saturated carbocycles. The molecule has 0 spiro atoms. The summed E-state index contributed by atoms with van der Waals surface area (Å²) in [5.41, 5.74) is 1.91. The van der Waals surface area contributed by atoms with Crippen LogP contribution in [-0.2, 0) is 20.0 Å². The number of aryl methyl sites for hydroxylation is 1. The van der Waals surface area contributed by atoms with E-state index in [1.807, 2.05) is 37.4 Å². The molecule has 0 aliphatic heterocycles. The van der Waals surface area contributed by atoms with E-state index >= 15 is 0 Å². The maximum Gasteiger partial charge on any atom is 0.245 e. The topological polar surface area (TPSA) is 94.6 Å². The minimum atomic E-state index is 0.392. The Labute approximate surface area is 137 Å². The van der Waals surface area contributed by atoms with Crippen molar-refractivity contribution in [3.8, 4) is 0 Å². The third-order valence-electron chi connectivity index (χ3n) is 3.65. The number of rotatable bonds is 5. The van der Waals surface area contributed by atoms with Gasteiger partial charge in [-0.1, -0.05) is 35.5 Å². The van der Waals surface area contributed by atoms with Gasteiger partial charge in [-0.3, -0.25) is 4.68 Å². The summed E-state index contributed by atoms with van der Waals surface area (Å²) in [5, 5.41) is 12.2. The highest BCUT2D eigenvalue weighted by Gasteiger charge is 2.10. The molecule has 0 saturated heterocycles. The molecule has 3 heterocycles. The Kier molecular flexibility index (Phi) is 3.62. The zero-order chi connectivity index (χ0) is 16.4. The zero-order valence-corrected chi connectivity index (χ0v) is 13.0. The minimum Gasteiger partial charge on any atom is -0.360 e. The summed E-state index contributed by atoms with van der Waals surface area (Å²) < 4.78 is 6.99. The number of hydrogen-bond donors (Lipinski definition) is 1. The highest BCUT2D eigenvalue weighted by molar-refractivity contribution is 5.85. The van der Waals surface area contributed by atoms with Crippen LogP contribution in [-0.4, -0.2) is 29.9 Å². The Morgan fingerprint density at radius 1 is 1.17 bits per heavy atom. The van der Waals surface area contributed by atoms with E-state index in [2.05, 4.69) is 30.5 Å². The molecule has 8 heteroatoms. The maximum atomic E-state index is 5.29. The van der Waals surface area contributed by atoms with E-state index in [1.54, 1.807) is 10.9 Å². The lowest BCUT2D eigenvalue weighted by Crippen LogP contribution is -2.03. The first-order valence-corrected chi connectivity index (χ1v) is 7.51. The average molecular weight is 321 g/mol. The Balaban J connectivity index is 1.46. The molecule has 4 aromatic rings. The normalized spacial score (nSPS) is 11.0. The summed E-state index contributed by atoms with van der Waals surface area (Å²) >= 11 is 0. The number of fused-ring (bicyclic) bond motifs is 1. The van der Waals surface area contributed by atoms with Gasteiger partial charge in [-0.05, 0) is 5.56 Å². The quantitative estimate of drug-likeness (QED) is 0.600. The Morgan fingerprint density at radius 3 is 2.92 bits per heavy atom. The molecule has 0 fully saturated rings. The van der Waals surface area contributed by atoms with Crippen molar-refractivity contribution in [2.24, 2.45) is 7.05 Å². The summed E-state index contributed by atoms with van der Waals surface area (Å²) in [5.74, 6) is 1.86. The van der Waals surface area contributed by atoms with E-state index in [0.29, 0.717) is 30.5 Å². The van der Waals surface area contributed by atoms with Crippen molar-refractivity contribution in [3.05, 3.63) is 60.1 Å². The molecular formula is C16H15N7O. The molecule has 0 radical (unpaired) electrons. The fourth-order valence-electron chi connectivity index (χ4n) is 2.47. The Hall–Kier alpha value is -3.29. The second kappa shape index (κ2) is 6.07. The van der Waals surface area contributed by atoms with Crippen LogP contribution >= 0.6 is 0 Å². The van der Waals surface area contributed by atoms with Crippen molar-refractivity contribution >= 4 is 16.9 Å². The van der Waals surface area contributed by atoms with Crippen LogP contribution in [0, 0.1) is 0 Å². The van der Waals surface area contributed by atoms with Crippen LogP contribution in [0.25, 0.3) is 11.0 Å². The van der Waals surface area contributed by atoms with Gasteiger partial charge in [-0.15, -0.1) is 0 Å². The van der Waals surface area contributed by atoms with Gasteiger partial charge in [0.2, 0.25) is 5.89 Å². The molecule has 0 aliphatic carbocycles. The summed E-state index contributed by atoms with van der Waals surface area (Å²) in [6.07, 6.45) is 3.87. The van der Waals surface area contributed by atoms with Crippen molar-refractivity contribution in [2.75, 3.05) is 5.32 Å². The van der Waals surface area contributed by atoms with Gasteiger partial charge < -0.3 is 9.84 Å². The molecule has 8 nitrogen and oxygen atoms in total. The molecule has 0 bridgehead atoms. The Bertz CT molecular complexity index is 961. The number of nitrogens with zero attached hydrogens (tertiary/aromatic N) is 6. The van der Waals surface area contributed by atoms with E-state index in [1.165, 1.54) is 6.33 Å². The van der Waals surface area contributed by atoms with E-state index < -0.39 is 0 Å². The second-order valence-corrected chi connectivity index (χ2v) is 5.35. The molecule has 3 aromatic heterocycles. The number of anilines is 1. The number of nitrogens with one attached hydrogen (secondary N) is 1. The Morgan fingerprint density at radius 2 is 2.04 bits per heavy atom. The van der Waals surface area contributed by atoms with Gasteiger partial charge in [0.05, 0.1) is 18.1 Å². The van der Waals surface area contributed by atoms with Crippen molar-refractivity contribution in [1.29, 1.82) is 0 Å². The largest absolute Gasteiger partial charge is 0.360 e. The van der Waals surface area contributed by atoms with Gasteiger partial charge in [0, 0.05) is 13.5 Å². The third kappa shape index (κ3) is 2.81. The van der Waals surface area contributed by atoms with Crippen LogP contribution in [0.1, 0.15) is 17.3 Å². The van der Waals surface area contributed by atoms with Gasteiger partial charge >= 0.3 is 0 Å². The van der Waals surface area contributed by atoms with Crippen LogP contribution in [0.5, 0.6) is 0 Å². The summed E-state index contributed by atoms with van der Waals surface area (Å²) in [7, 11) is 1.84. The molecule has 1 N–H and O–H groups in total. The van der Waals surface area contributed by atoms with Crippen LogP contribution in [0.3, 0.4) is 0 Å². The fourth-order valence-corrected chi connectivity index (χ4v) is 2.47. The predicted octanol–water partition coefficient (Wildman–Crippen LogP) is 1.95. The fraction of sp³-hybridized carbons (Fsp3) is 0.188. The molecule has 24 heavy (non-hydrogen) atoms. The molecule has 0 atom stereocenters. The smallest absolute Gasteiger partial charge is 0.245 e. The van der Waals surface area contributed by atoms with E-state index in [4.69, 9.17) is 4.52 Å². The molecule has 0 aliphatic rings. The standard InChI is InChI=1S/C16H15N7O/c1-23-16-12(8-20-23)15(18-10-19-16)17-9-14-21-13(22-24-14)7-11-5-3-2-4-6-11/h2-6,8,10H,7,9H2,1H3,(H,17,18,19). The molecular weight excluding hydrogens is 306 g/mol. The highest BCUT2D eigenvalue weighted by Crippen LogP contribution is 2.18. The zero-order valence-electron chi connectivity index (χ0n) is 13.0. The molecule has 1 aromatic carbocycles. The first-order valence-electron chi connectivity index (χ1n) is 7.51. The highest BCUT2D eigenvalue weighted by atomic mass is 16.5. The summed E-state index contributed by atoms with van der Waals surface area (Å²) in [4.78, 5) is 12.9. The van der Waals surface area contributed by atoms with Gasteiger partial charge in [0.1, 0.15) is 12.1 Å². The first kappa shape index (κ1) is 14.3. The lowest BCUT2D eigenvalue weighted by molar-refractivity contribution is 0.378. The van der Waals surface area contributed by atoms with Crippen molar-refractivity contribution in [2.45, 2.75) is 13.0 Å². The lowest BCUT2D eigenvalue weighted by atomic mass is 10.1. The summed E-state index contributed by atoms with van der Waals surface area (Å²) in [6, 6.07) is 10.0. The second-order valence-electron chi connectivity index (χ2n) is 5.35. The molecule has 120 valence electrons. The predicted molar refractivity (Wildman–Crippen MR) is 87.2 cm³/mol. The van der Waals surface area contributed by atoms with E-state index in [9.17, 15) is 0 Å². The van der Waals surface area contributed by atoms with Crippen LogP contribution in [0.15, 0.2) is 47.4 Å². The third-order valence-corrected chi connectivity index (χ3v) is 3.65. The van der Waals surface area contributed by atoms with Gasteiger partial charge in [-0.25, -0.2) is 9.97 Å². The van der Waals surface area contributed by atoms with E-state index in [0.717, 1.165) is 16.6 Å². The van der Waals surface area contributed by atoms with Crippen LogP contribution in [0.4, 0.5) is 5.82 Å². The molecule has 4 rings (SSSR count). The van der Waals surface area contributed by atoms with Crippen LogP contribution < -0.4 is 5.32 Å². The monoisotopic (exact) mass is 321 g/mol. The van der Waals surface area contributed by atoms with Crippen molar-refractivity contribution in [3.63, 3.8) is 0 Å². The average Bonchev–Trinajstić information content (AvgIpc) is 3.21. The van der Waals surface area contributed by atoms with Gasteiger partial charge in [0.25, 0.3) is 0 Å². The lowest BCUT2D eigenvalue weighted by Gasteiger charge is -2.02. The first-order chi connectivity index (χ1) is 11.8. The number of aromatic nitrogens is 6. The van der Waals surface area contributed by atoms with Crippen molar-refractivity contribution in [1.82, 2.24) is 29.9 Å². The number of benzene rings is 1. The van der Waals surface area contributed by atoms with Gasteiger partial charge in [-0.2, -0.15) is 10.1 Å². The number of hydrogen-bond acceptors (Lipinski definition) is 7. The van der Waals surface area contributed by atoms with Crippen LogP contribution in [0.2, 0.25) is 0 Å². The minimum absolute atomic E-state index is 0.392. The van der Waals surface area contributed by atoms with E-state index in [-0.39, 0.29) is 0 Å². The summed E-state index contributed by atoms with van der Waals surface area (Å²) in [6.45, 7) is 0.392. The van der Waals surface area contributed by atoms with Gasteiger partial charge in [0.15, 0.2) is 11.5 Å². The van der Waals surface area contributed by atoms with Crippen molar-refractivity contribution < 1.29 is 4.52 Å². The molecule has 0 unspecified atom stereocenters. The molecule has 0 amide bonds. The maximum absolute atomic E-state index is 5.29.